The maximum Gasteiger partial charge on any atom is 0.201 e. The van der Waals surface area contributed by atoms with Crippen LogP contribution in [0.5, 0.6) is 17.2 Å². The third kappa shape index (κ3) is 39.1. The molecule has 5 aliphatic carbocycles. The van der Waals surface area contributed by atoms with E-state index in [9.17, 15) is 8.78 Å². The number of halogens is 6. The van der Waals surface area contributed by atoms with Gasteiger partial charge in [-0.15, -0.1) is 0 Å². The van der Waals surface area contributed by atoms with E-state index in [2.05, 4.69) is 133 Å². The van der Waals surface area contributed by atoms with Crippen LogP contribution >= 0.6 is 0 Å². The SMILES string of the molecule is CCCC1CCC(C2CCC(c3ccc(OCCCC[Si](C)(C)CC[Si](C)(C)CCC(C)CC)c(F)c3F)CC2)CC1.CCCCCC1CCC(c2ccc(-c3ccc(OCCCC[Si](C)(C)CC[Si](C)(C)CCC(C)CC)c(F)c3F)cc2)CC1.CCOc1ccc(C2CCC(C3CCC(OCCCCCCC[Si](C)(C)CCC(C)CC)CC3)CC2)c(F)c1F. The van der Waals surface area contributed by atoms with Crippen LogP contribution < -0.4 is 14.2 Å². The molecule has 0 aliphatic heterocycles. The fraction of sp³-hybridized carbons (Fsp3) is 0.784. The molecule has 0 aromatic heterocycles. The van der Waals surface area contributed by atoms with Crippen molar-refractivity contribution in [2.45, 2.75) is 475 Å². The second-order valence-electron chi connectivity index (χ2n) is 45.9. The molecule has 0 spiro atoms. The largest absolute Gasteiger partial charge is 0.491 e. The van der Waals surface area contributed by atoms with Gasteiger partial charge in [0.25, 0.3) is 0 Å². The van der Waals surface area contributed by atoms with E-state index in [0.717, 1.165) is 130 Å². The standard InChI is InChI=1S/C39H64F2OSi2.C37H66F2OSi2.C35H60F2O2Si/c1-8-10-11-14-32-15-17-33(18-16-32)34-19-21-35(22-20-34)36-23-24-37(39(41)38(36)40)42-26-12-13-27-43(4,5)29-30-44(6,7)28-25-31(3)9-2;1-8-12-30-13-15-31(16-14-30)32-17-19-33(20-18-32)34-21-22-35(37(39)36(34)38)40-24-10-11-25-41(4,5)27-28-42(6,7)26-23-29(3)9-2;1-6-27(3)23-26-40(4,5)25-12-10-8-9-11-24-39-31-19-17-29(18-20-31)28-13-15-30(16-14-28)32-21-22-33(38-7-2)35(37)34(32)36/h19-24,31-33H,8-18,25-30H2,1-7H3;21-22,29-33H,8-20,23-28H2,1-7H3;21-22,27-31H,6-20,23-26H2,1-5H3. The molecular weight excluding hydrogens is 1650 g/mol. The number of rotatable bonds is 53. The Morgan fingerprint density at radius 3 is 1.08 bits per heavy atom. The lowest BCUT2D eigenvalue weighted by Gasteiger charge is -2.38. The maximum absolute atomic E-state index is 15.2. The van der Waals surface area contributed by atoms with Crippen molar-refractivity contribution in [1.82, 2.24) is 0 Å². The Morgan fingerprint density at radius 2 is 0.651 bits per heavy atom. The minimum absolute atomic E-state index is 0.0279. The second-order valence-corrected chi connectivity index (χ2v) is 72.5. The van der Waals surface area contributed by atoms with Gasteiger partial charge in [0.1, 0.15) is 0 Å². The smallest absolute Gasteiger partial charge is 0.201 e. The van der Waals surface area contributed by atoms with Crippen molar-refractivity contribution in [3.8, 4) is 28.4 Å². The Labute approximate surface area is 776 Å². The molecule has 0 bridgehead atoms. The highest BCUT2D eigenvalue weighted by molar-refractivity contribution is 6.83. The summed E-state index contributed by atoms with van der Waals surface area (Å²) in [6.45, 7) is 48.3. The van der Waals surface area contributed by atoms with E-state index < -0.39 is 75.3 Å². The van der Waals surface area contributed by atoms with Crippen molar-refractivity contribution < 1.29 is 45.3 Å². The molecule has 0 heterocycles. The summed E-state index contributed by atoms with van der Waals surface area (Å²) in [6, 6.07) is 32.5. The average molecular weight is 1840 g/mol. The Hall–Kier alpha value is -3.10. The van der Waals surface area contributed by atoms with Gasteiger partial charge in [-0.3, -0.25) is 0 Å². The molecule has 9 rings (SSSR count). The Bertz CT molecular complexity index is 3600. The maximum atomic E-state index is 15.2. The first kappa shape index (κ1) is 110. The van der Waals surface area contributed by atoms with Crippen LogP contribution in [-0.2, 0) is 4.74 Å². The quantitative estimate of drug-likeness (QED) is 0.0251. The van der Waals surface area contributed by atoms with Gasteiger partial charge in [0.15, 0.2) is 34.7 Å². The summed E-state index contributed by atoms with van der Waals surface area (Å²) in [4.78, 5) is 0. The molecule has 4 aromatic rings. The lowest BCUT2D eigenvalue weighted by molar-refractivity contribution is 0.00621. The fourth-order valence-electron chi connectivity index (χ4n) is 22.0. The van der Waals surface area contributed by atoms with Crippen LogP contribution in [0.1, 0.15) is 360 Å². The highest BCUT2D eigenvalue weighted by Gasteiger charge is 2.37. The minimum Gasteiger partial charge on any atom is -0.491 e. The van der Waals surface area contributed by atoms with Crippen molar-refractivity contribution in [3.63, 3.8) is 0 Å². The van der Waals surface area contributed by atoms with Crippen LogP contribution in [0.4, 0.5) is 26.3 Å². The van der Waals surface area contributed by atoms with Gasteiger partial charge >= 0.3 is 0 Å². The van der Waals surface area contributed by atoms with Crippen LogP contribution in [0.25, 0.3) is 11.1 Å². The summed E-state index contributed by atoms with van der Waals surface area (Å²) >= 11 is 0. The molecule has 0 saturated heterocycles. The summed E-state index contributed by atoms with van der Waals surface area (Å²) in [5.41, 5.74) is 3.49. The van der Waals surface area contributed by atoms with E-state index in [1.807, 2.05) is 18.2 Å². The minimum atomic E-state index is -1.25. The third-order valence-electron chi connectivity index (χ3n) is 32.7. The Kier molecular flexibility index (Phi) is 49.7. The third-order valence-corrected chi connectivity index (χ3v) is 50.1. The first-order valence-corrected chi connectivity index (χ1v) is 70.2. The van der Waals surface area contributed by atoms with Crippen molar-refractivity contribution in [1.29, 1.82) is 0 Å². The van der Waals surface area contributed by atoms with Crippen LogP contribution in [0.2, 0.25) is 126 Å². The number of unbranched alkanes of at least 4 members (excludes halogenated alkanes) is 8. The summed E-state index contributed by atoms with van der Waals surface area (Å²) in [5, 5.41) is 0. The zero-order valence-corrected chi connectivity index (χ0v) is 89.6. The first-order chi connectivity index (χ1) is 60.1. The number of benzene rings is 4. The first-order valence-electron chi connectivity index (χ1n) is 53.2. The van der Waals surface area contributed by atoms with E-state index in [0.29, 0.717) is 48.5 Å². The Morgan fingerprint density at radius 1 is 0.302 bits per heavy atom. The van der Waals surface area contributed by atoms with Crippen molar-refractivity contribution in [2.75, 3.05) is 26.4 Å². The predicted molar refractivity (Wildman–Crippen MR) is 546 cm³/mol. The zero-order valence-electron chi connectivity index (χ0n) is 84.6. The monoisotopic (exact) mass is 1840 g/mol. The van der Waals surface area contributed by atoms with E-state index >= 15 is 17.6 Å². The lowest BCUT2D eigenvalue weighted by atomic mass is 9.68. The number of hydrogen-bond acceptors (Lipinski definition) is 4. The van der Waals surface area contributed by atoms with Gasteiger partial charge in [-0.1, -0.05) is 346 Å². The average Bonchev–Trinajstić information content (AvgIpc) is 0.811. The molecule has 5 fully saturated rings. The summed E-state index contributed by atoms with van der Waals surface area (Å²) in [5.74, 6) is 3.99. The molecule has 15 heteroatoms. The zero-order chi connectivity index (χ0) is 91.9. The van der Waals surface area contributed by atoms with Gasteiger partial charge in [0, 0.05) is 52.5 Å². The van der Waals surface area contributed by atoms with E-state index in [-0.39, 0.29) is 29.1 Å². The van der Waals surface area contributed by atoms with Gasteiger partial charge in [0.2, 0.25) is 17.5 Å². The molecule has 126 heavy (non-hydrogen) atoms. The van der Waals surface area contributed by atoms with Crippen LogP contribution in [0.15, 0.2) is 60.7 Å². The van der Waals surface area contributed by atoms with Crippen molar-refractivity contribution in [3.05, 3.63) is 112 Å². The summed E-state index contributed by atoms with van der Waals surface area (Å²) in [6.07, 6.45) is 51.5. The highest BCUT2D eigenvalue weighted by atomic mass is 28.3. The van der Waals surface area contributed by atoms with Gasteiger partial charge in [0.05, 0.1) is 25.9 Å². The fourth-order valence-corrected chi connectivity index (χ4v) is 41.5. The van der Waals surface area contributed by atoms with Crippen molar-refractivity contribution in [2.24, 2.45) is 53.3 Å². The Balaban J connectivity index is 0.000000260. The second kappa shape index (κ2) is 56.9. The van der Waals surface area contributed by atoms with Crippen LogP contribution in [0.3, 0.4) is 0 Å². The molecule has 5 aliphatic rings. The topological polar surface area (TPSA) is 36.9 Å². The molecule has 4 aromatic carbocycles. The van der Waals surface area contributed by atoms with Gasteiger partial charge in [-0.05, 0) is 259 Å². The lowest BCUT2D eigenvalue weighted by Crippen LogP contribution is -2.32. The van der Waals surface area contributed by atoms with Crippen LogP contribution in [-0.4, -0.2) is 72.9 Å². The van der Waals surface area contributed by atoms with E-state index in [1.54, 1.807) is 37.3 Å². The molecule has 3 unspecified atom stereocenters. The molecule has 0 amide bonds. The van der Waals surface area contributed by atoms with Gasteiger partial charge in [-0.25, -0.2) is 13.2 Å². The molecular formula is C111H190F6O4Si5. The van der Waals surface area contributed by atoms with E-state index in [1.165, 1.54) is 265 Å². The molecule has 3 atom stereocenters. The predicted octanol–water partition coefficient (Wildman–Crippen LogP) is 37.7. The summed E-state index contributed by atoms with van der Waals surface area (Å²) < 4.78 is 113. The molecule has 0 radical (unpaired) electrons. The number of hydrogen-bond donors (Lipinski definition) is 0. The van der Waals surface area contributed by atoms with Crippen LogP contribution in [0, 0.1) is 88.2 Å². The van der Waals surface area contributed by atoms with Gasteiger partial charge < -0.3 is 18.9 Å². The molecule has 4 nitrogen and oxygen atoms in total. The molecule has 0 N–H and O–H groups in total. The van der Waals surface area contributed by atoms with Crippen molar-refractivity contribution >= 4 is 40.4 Å². The molecule has 5 saturated carbocycles. The number of ether oxygens (including phenoxy) is 4. The molecule has 720 valence electrons. The van der Waals surface area contributed by atoms with E-state index in [4.69, 9.17) is 18.9 Å². The highest BCUT2D eigenvalue weighted by Crippen LogP contribution is 2.49. The normalized spacial score (nSPS) is 22.4. The summed E-state index contributed by atoms with van der Waals surface area (Å²) in [7, 11) is -5.69. The van der Waals surface area contributed by atoms with Gasteiger partial charge in [-0.2, -0.15) is 13.2 Å².